The molecule has 10 heteroatoms. The Balaban J connectivity index is 1.32. The molecule has 2 aromatic carbocycles. The van der Waals surface area contributed by atoms with Crippen molar-refractivity contribution >= 4 is 39.8 Å². The molecule has 1 N–H and O–H groups in total. The average molecular weight is 495 g/mol. The van der Waals surface area contributed by atoms with Crippen LogP contribution in [0.5, 0.6) is 0 Å². The van der Waals surface area contributed by atoms with Crippen molar-refractivity contribution in [3.8, 4) is 0 Å². The van der Waals surface area contributed by atoms with E-state index in [4.69, 9.17) is 9.97 Å². The van der Waals surface area contributed by atoms with Crippen molar-refractivity contribution in [1.29, 1.82) is 0 Å². The fourth-order valence-corrected chi connectivity index (χ4v) is 5.66. The first-order valence-electron chi connectivity index (χ1n) is 11.5. The van der Waals surface area contributed by atoms with E-state index in [0.717, 1.165) is 37.6 Å². The summed E-state index contributed by atoms with van der Waals surface area (Å²) in [6.07, 6.45) is 0.632. The van der Waals surface area contributed by atoms with Crippen LogP contribution in [0.15, 0.2) is 53.4 Å². The van der Waals surface area contributed by atoms with Crippen LogP contribution in [0.4, 0.5) is 27.5 Å². The molecule has 5 rings (SSSR count). The third-order valence-corrected chi connectivity index (χ3v) is 7.67. The van der Waals surface area contributed by atoms with Gasteiger partial charge in [-0.2, -0.15) is 4.98 Å². The molecule has 2 aliphatic rings. The molecule has 3 aromatic rings. The van der Waals surface area contributed by atoms with Crippen molar-refractivity contribution in [2.24, 2.45) is 0 Å². The van der Waals surface area contributed by atoms with E-state index in [1.807, 2.05) is 24.3 Å². The fraction of sp³-hybridized carbons (Fsp3) is 0.320. The third kappa shape index (κ3) is 4.84. The largest absolute Gasteiger partial charge is 0.368 e. The number of aryl methyl sites for hydroxylation is 1. The van der Waals surface area contributed by atoms with Crippen molar-refractivity contribution < 1.29 is 13.4 Å². The van der Waals surface area contributed by atoms with Gasteiger partial charge in [-0.05, 0) is 42.5 Å². The second-order valence-corrected chi connectivity index (χ2v) is 10.3. The number of aromatic nitrogens is 2. The lowest BCUT2D eigenvalue weighted by Crippen LogP contribution is -2.47. The predicted octanol–water partition coefficient (Wildman–Crippen LogP) is 3.05. The highest BCUT2D eigenvalue weighted by Gasteiger charge is 2.28. The van der Waals surface area contributed by atoms with Crippen LogP contribution in [0, 0.1) is 5.82 Å². The summed E-state index contributed by atoms with van der Waals surface area (Å²) in [6, 6.07) is 13.8. The van der Waals surface area contributed by atoms with Gasteiger partial charge in [-0.1, -0.05) is 6.07 Å². The molecule has 8 nitrogen and oxygen atoms in total. The Kier molecular flexibility index (Phi) is 6.38. The van der Waals surface area contributed by atoms with Crippen LogP contribution >= 0.6 is 0 Å². The van der Waals surface area contributed by atoms with Crippen molar-refractivity contribution in [3.63, 3.8) is 0 Å². The summed E-state index contributed by atoms with van der Waals surface area (Å²) >= 11 is 0. The van der Waals surface area contributed by atoms with Crippen molar-refractivity contribution in [3.05, 3.63) is 65.6 Å². The topological polar surface area (TPSA) is 81.7 Å². The molecule has 1 amide bonds. The molecule has 3 heterocycles. The minimum Gasteiger partial charge on any atom is -0.368 e. The second kappa shape index (κ2) is 9.61. The van der Waals surface area contributed by atoms with Crippen LogP contribution in [-0.2, 0) is 17.2 Å². The van der Waals surface area contributed by atoms with Crippen molar-refractivity contribution in [2.75, 3.05) is 61.1 Å². The number of hydrogen-bond donors (Lipinski definition) is 1. The molecule has 0 radical (unpaired) electrons. The van der Waals surface area contributed by atoms with E-state index < -0.39 is 10.8 Å². The van der Waals surface area contributed by atoms with Gasteiger partial charge in [0.05, 0.1) is 16.5 Å². The van der Waals surface area contributed by atoms with Gasteiger partial charge in [0.2, 0.25) is 5.95 Å². The number of carbonyl (C=O) groups is 1. The lowest BCUT2D eigenvalue weighted by Gasteiger charge is -2.36. The normalized spacial score (nSPS) is 17.3. The predicted molar refractivity (Wildman–Crippen MR) is 136 cm³/mol. The van der Waals surface area contributed by atoms with E-state index in [9.17, 15) is 13.4 Å². The number of amides is 1. The summed E-state index contributed by atoms with van der Waals surface area (Å²) in [5.41, 5.74) is 3.08. The number of fused-ring (bicyclic) bond motifs is 1. The smallest absolute Gasteiger partial charge is 0.253 e. The number of halogens is 1. The van der Waals surface area contributed by atoms with Crippen molar-refractivity contribution in [2.45, 2.75) is 11.3 Å². The van der Waals surface area contributed by atoms with Crippen LogP contribution in [0.2, 0.25) is 0 Å². The summed E-state index contributed by atoms with van der Waals surface area (Å²) in [5.74, 6) is 1.23. The molecule has 0 spiro atoms. The van der Waals surface area contributed by atoms with E-state index in [-0.39, 0.29) is 11.7 Å². The Morgan fingerprint density at radius 3 is 2.43 bits per heavy atom. The summed E-state index contributed by atoms with van der Waals surface area (Å²) in [6.45, 7) is 3.00. The molecule has 0 aliphatic carbocycles. The minimum atomic E-state index is -1.18. The first-order valence-corrected chi connectivity index (χ1v) is 12.8. The molecule has 182 valence electrons. The zero-order valence-electron chi connectivity index (χ0n) is 19.7. The highest BCUT2D eigenvalue weighted by atomic mass is 32.2. The zero-order valence-corrected chi connectivity index (χ0v) is 20.5. The zero-order chi connectivity index (χ0) is 24.5. The SMILES string of the molecule is CN(C)C(=O)c1ccc(N2CCN(c3nc4c(c(Nc5cccc(F)c5)n3)S(=O)CC4)CC2)cc1. The van der Waals surface area contributed by atoms with E-state index >= 15 is 0 Å². The molecule has 2 aliphatic heterocycles. The number of hydrogen-bond acceptors (Lipinski definition) is 7. The van der Waals surface area contributed by atoms with Crippen LogP contribution in [-0.4, -0.2) is 71.0 Å². The van der Waals surface area contributed by atoms with Gasteiger partial charge in [0.25, 0.3) is 5.91 Å². The first-order chi connectivity index (χ1) is 16.9. The number of benzene rings is 2. The maximum atomic E-state index is 13.7. The highest BCUT2D eigenvalue weighted by Crippen LogP contribution is 2.32. The van der Waals surface area contributed by atoms with E-state index in [0.29, 0.717) is 40.1 Å². The number of piperazine rings is 1. The number of carbonyl (C=O) groups excluding carboxylic acids is 1. The fourth-order valence-electron chi connectivity index (χ4n) is 4.35. The van der Waals surface area contributed by atoms with Gasteiger partial charge < -0.3 is 20.0 Å². The van der Waals surface area contributed by atoms with Gasteiger partial charge >= 0.3 is 0 Å². The number of anilines is 4. The molecular weight excluding hydrogens is 467 g/mol. The Hall–Kier alpha value is -3.53. The molecule has 1 unspecified atom stereocenters. The van der Waals surface area contributed by atoms with Gasteiger partial charge in [0.15, 0.2) is 5.82 Å². The molecule has 1 aromatic heterocycles. The number of nitrogens with one attached hydrogen (secondary N) is 1. The highest BCUT2D eigenvalue weighted by molar-refractivity contribution is 7.85. The molecule has 35 heavy (non-hydrogen) atoms. The van der Waals surface area contributed by atoms with Crippen molar-refractivity contribution in [1.82, 2.24) is 14.9 Å². The molecule has 1 fully saturated rings. The third-order valence-electron chi connectivity index (χ3n) is 6.21. The van der Waals surface area contributed by atoms with Crippen LogP contribution in [0.1, 0.15) is 16.1 Å². The Morgan fingerprint density at radius 2 is 1.74 bits per heavy atom. The molecule has 0 saturated carbocycles. The van der Waals surface area contributed by atoms with E-state index in [2.05, 4.69) is 15.1 Å². The van der Waals surface area contributed by atoms with E-state index in [1.54, 1.807) is 31.1 Å². The summed E-state index contributed by atoms with van der Waals surface area (Å²) < 4.78 is 26.3. The van der Waals surface area contributed by atoms with Gasteiger partial charge in [-0.15, -0.1) is 0 Å². The van der Waals surface area contributed by atoms with Gasteiger partial charge in [-0.3, -0.25) is 9.00 Å². The van der Waals surface area contributed by atoms with Gasteiger partial charge in [0, 0.05) is 69.4 Å². The van der Waals surface area contributed by atoms with Crippen LogP contribution in [0.3, 0.4) is 0 Å². The molecule has 0 bridgehead atoms. The van der Waals surface area contributed by atoms with Gasteiger partial charge in [0.1, 0.15) is 10.7 Å². The monoisotopic (exact) mass is 494 g/mol. The quantitative estimate of drug-likeness (QED) is 0.584. The Bertz CT molecular complexity index is 1280. The number of nitrogens with zero attached hydrogens (tertiary/aromatic N) is 5. The van der Waals surface area contributed by atoms with Crippen LogP contribution < -0.4 is 15.1 Å². The first kappa shape index (κ1) is 23.2. The molecule has 1 saturated heterocycles. The summed E-state index contributed by atoms with van der Waals surface area (Å²) in [7, 11) is 2.31. The lowest BCUT2D eigenvalue weighted by molar-refractivity contribution is 0.0827. The summed E-state index contributed by atoms with van der Waals surface area (Å²) in [5, 5.41) is 3.16. The van der Waals surface area contributed by atoms with Gasteiger partial charge in [-0.25, -0.2) is 9.37 Å². The lowest BCUT2D eigenvalue weighted by atomic mass is 10.1. The van der Waals surface area contributed by atoms with E-state index in [1.165, 1.54) is 12.1 Å². The average Bonchev–Trinajstić information content (AvgIpc) is 3.24. The molecular formula is C25H27FN6O2S. The minimum absolute atomic E-state index is 0.0151. The van der Waals surface area contributed by atoms with Crippen LogP contribution in [0.25, 0.3) is 0 Å². The Morgan fingerprint density at radius 1 is 1.03 bits per heavy atom. The summed E-state index contributed by atoms with van der Waals surface area (Å²) in [4.78, 5) is 28.2. The molecule has 1 atom stereocenters. The second-order valence-electron chi connectivity index (χ2n) is 8.80. The standard InChI is InChI=1S/C25H27FN6O2S/c1-30(2)24(33)17-6-8-20(9-7-17)31-11-13-32(14-12-31)25-28-21-10-15-35(34)22(21)23(29-25)27-19-5-3-4-18(26)16-19/h3-9,16H,10-15H2,1-2H3,(H,27,28,29). The Labute approximate surface area is 206 Å². The maximum absolute atomic E-state index is 13.7. The number of rotatable bonds is 5. The maximum Gasteiger partial charge on any atom is 0.253 e.